The van der Waals surface area contributed by atoms with E-state index in [9.17, 15) is 24.6 Å². The second kappa shape index (κ2) is 7.15. The van der Waals surface area contributed by atoms with E-state index in [1.54, 1.807) is 30.3 Å². The Morgan fingerprint density at radius 1 is 1.15 bits per heavy atom. The summed E-state index contributed by atoms with van der Waals surface area (Å²) >= 11 is 0. The van der Waals surface area contributed by atoms with Crippen LogP contribution in [-0.4, -0.2) is 92.3 Å². The van der Waals surface area contributed by atoms with Gasteiger partial charge in [0.15, 0.2) is 17.6 Å². The third-order valence-corrected chi connectivity index (χ3v) is 6.67. The van der Waals surface area contributed by atoms with Gasteiger partial charge in [-0.1, -0.05) is 18.2 Å². The van der Waals surface area contributed by atoms with E-state index in [1.807, 2.05) is 0 Å². The van der Waals surface area contributed by atoms with Crippen LogP contribution in [0.5, 0.6) is 0 Å². The zero-order valence-corrected chi connectivity index (χ0v) is 17.5. The Morgan fingerprint density at radius 2 is 1.82 bits per heavy atom. The fourth-order valence-corrected chi connectivity index (χ4v) is 5.08. The Balaban J connectivity index is 1.48. The van der Waals surface area contributed by atoms with E-state index in [-0.39, 0.29) is 49.7 Å². The Labute approximate surface area is 188 Å². The highest BCUT2D eigenvalue weighted by Crippen LogP contribution is 2.45. The Kier molecular flexibility index (Phi) is 4.58. The number of guanidine groups is 2. The van der Waals surface area contributed by atoms with Gasteiger partial charge in [0.2, 0.25) is 17.6 Å². The first-order chi connectivity index (χ1) is 15.6. The van der Waals surface area contributed by atoms with Gasteiger partial charge in [-0.15, -0.1) is 0 Å². The molecule has 0 saturated carbocycles. The quantitative estimate of drug-likeness (QED) is 0.197. The van der Waals surface area contributed by atoms with Gasteiger partial charge in [-0.3, -0.25) is 19.3 Å². The Hall–Kier alpha value is -3.71. The molecule has 0 radical (unpaired) electrons. The van der Waals surface area contributed by atoms with E-state index < -0.39 is 35.5 Å². The molecule has 33 heavy (non-hydrogen) atoms. The second-order valence-corrected chi connectivity index (χ2v) is 8.53. The second-order valence-electron chi connectivity index (χ2n) is 8.53. The highest BCUT2D eigenvalue weighted by atomic mass is 16.5. The predicted octanol–water partition coefficient (Wildman–Crippen LogP) is -3.39. The highest BCUT2D eigenvalue weighted by molar-refractivity contribution is 6.02. The fraction of sp³-hybridized carbons (Fsp3) is 0.450. The number of nitrogens with two attached hydrogens (primary N) is 2. The van der Waals surface area contributed by atoms with Crippen LogP contribution in [0.15, 0.2) is 40.3 Å². The van der Waals surface area contributed by atoms with Gasteiger partial charge in [0.1, 0.15) is 12.1 Å². The van der Waals surface area contributed by atoms with E-state index >= 15 is 0 Å². The molecule has 4 atom stereocenters. The standard InChI is InChI=1S/C20H24N8O5/c21-17-25-15-11(8-27-13(29)6-7-14(27)30)23-18(22)28-9-12(20(32,33)19(15,28)26-17)24-16(31)10-4-2-1-3-5-10/h1-5,11-12,15,32-33H,6-9H2,(H2,22,23)(H,24,31)(H3,21,25,26)/t11-,12?,15?,19?/m0/s1. The monoisotopic (exact) mass is 456 g/mol. The maximum absolute atomic E-state index is 12.7. The van der Waals surface area contributed by atoms with E-state index in [1.165, 1.54) is 4.90 Å². The normalized spacial score (nSPS) is 32.1. The van der Waals surface area contributed by atoms with Gasteiger partial charge in [-0.2, -0.15) is 0 Å². The molecule has 13 heteroatoms. The largest absolute Gasteiger partial charge is 0.370 e. The summed E-state index contributed by atoms with van der Waals surface area (Å²) in [5.74, 6) is -3.92. The number of benzene rings is 1. The van der Waals surface area contributed by atoms with E-state index in [2.05, 4.69) is 20.6 Å². The molecular formula is C20H24N8O5. The van der Waals surface area contributed by atoms with E-state index in [0.717, 1.165) is 4.90 Å². The first kappa shape index (κ1) is 21.2. The van der Waals surface area contributed by atoms with Gasteiger partial charge in [0.25, 0.3) is 5.91 Å². The summed E-state index contributed by atoms with van der Waals surface area (Å²) in [4.78, 5) is 48.2. The molecule has 4 aliphatic heterocycles. The van der Waals surface area contributed by atoms with Gasteiger partial charge in [-0.25, -0.2) is 9.98 Å². The minimum Gasteiger partial charge on any atom is -0.370 e. The number of hydrogen-bond donors (Lipinski definition) is 6. The molecule has 1 spiro atoms. The molecule has 8 N–H and O–H groups in total. The molecule has 0 bridgehead atoms. The number of nitrogens with one attached hydrogen (secondary N) is 2. The SMILES string of the molecule is NC1=NC2[C@H](CN3C(=O)CCC3=O)N=C(N)N3CC(NC(=O)c4ccccc4)C(O)(O)C23N1. The minimum atomic E-state index is -2.59. The molecule has 0 aliphatic carbocycles. The van der Waals surface area contributed by atoms with Crippen LogP contribution in [0.25, 0.3) is 0 Å². The average Bonchev–Trinajstić information content (AvgIpc) is 3.37. The van der Waals surface area contributed by atoms with E-state index in [4.69, 9.17) is 11.5 Å². The molecule has 4 heterocycles. The summed E-state index contributed by atoms with van der Waals surface area (Å²) in [5, 5.41) is 28.2. The maximum atomic E-state index is 12.7. The van der Waals surface area contributed by atoms with Gasteiger partial charge in [0.05, 0.1) is 12.6 Å². The lowest BCUT2D eigenvalue weighted by Gasteiger charge is -2.49. The number of likely N-dealkylation sites (tertiary alicyclic amines) is 1. The number of aliphatic imine (C=N–C) groups is 2. The Morgan fingerprint density at radius 3 is 2.48 bits per heavy atom. The summed E-state index contributed by atoms with van der Waals surface area (Å²) in [6, 6.07) is 5.27. The van der Waals surface area contributed by atoms with Crippen LogP contribution in [0.3, 0.4) is 0 Å². The summed E-state index contributed by atoms with van der Waals surface area (Å²) in [6.07, 6.45) is 0.210. The molecule has 2 saturated heterocycles. The molecule has 4 aliphatic rings. The molecule has 1 aromatic carbocycles. The predicted molar refractivity (Wildman–Crippen MR) is 114 cm³/mol. The van der Waals surface area contributed by atoms with Crippen LogP contribution < -0.4 is 22.1 Å². The summed E-state index contributed by atoms with van der Waals surface area (Å²) in [6.45, 7) is -0.226. The Bertz CT molecular complexity index is 1070. The van der Waals surface area contributed by atoms with Crippen molar-refractivity contribution in [3.8, 4) is 0 Å². The molecule has 174 valence electrons. The average molecular weight is 456 g/mol. The van der Waals surface area contributed by atoms with Crippen molar-refractivity contribution in [2.45, 2.75) is 42.4 Å². The zero-order chi connectivity index (χ0) is 23.5. The highest BCUT2D eigenvalue weighted by Gasteiger charge is 2.73. The number of carbonyl (C=O) groups is 3. The fourth-order valence-electron chi connectivity index (χ4n) is 5.08. The number of nitrogens with zero attached hydrogens (tertiary/aromatic N) is 4. The number of amides is 3. The molecule has 3 amide bonds. The van der Waals surface area contributed by atoms with Crippen molar-refractivity contribution in [3.63, 3.8) is 0 Å². The van der Waals surface area contributed by atoms with Crippen LogP contribution in [0.2, 0.25) is 0 Å². The molecular weight excluding hydrogens is 432 g/mol. The lowest BCUT2D eigenvalue weighted by molar-refractivity contribution is -0.230. The lowest BCUT2D eigenvalue weighted by Crippen LogP contribution is -2.78. The first-order valence-electron chi connectivity index (χ1n) is 10.5. The van der Waals surface area contributed by atoms with E-state index in [0.29, 0.717) is 5.56 Å². The van der Waals surface area contributed by atoms with Crippen molar-refractivity contribution >= 4 is 29.6 Å². The van der Waals surface area contributed by atoms with Gasteiger partial charge in [-0.05, 0) is 12.1 Å². The number of aliphatic hydroxyl groups is 2. The number of carbonyl (C=O) groups excluding carboxylic acids is 3. The maximum Gasteiger partial charge on any atom is 0.251 e. The number of imide groups is 1. The van der Waals surface area contributed by atoms with Crippen molar-refractivity contribution in [2.24, 2.45) is 21.5 Å². The summed E-state index contributed by atoms with van der Waals surface area (Å²) in [5.41, 5.74) is 10.7. The van der Waals surface area contributed by atoms with Crippen molar-refractivity contribution in [2.75, 3.05) is 13.1 Å². The van der Waals surface area contributed by atoms with Crippen LogP contribution in [0.4, 0.5) is 0 Å². The third kappa shape index (κ3) is 2.96. The van der Waals surface area contributed by atoms with Gasteiger partial charge >= 0.3 is 0 Å². The van der Waals surface area contributed by atoms with Crippen LogP contribution in [-0.2, 0) is 9.59 Å². The van der Waals surface area contributed by atoms with Crippen LogP contribution in [0.1, 0.15) is 23.2 Å². The first-order valence-corrected chi connectivity index (χ1v) is 10.5. The summed E-state index contributed by atoms with van der Waals surface area (Å²) < 4.78 is 0. The molecule has 3 unspecified atom stereocenters. The molecule has 0 aromatic heterocycles. The zero-order valence-electron chi connectivity index (χ0n) is 17.5. The van der Waals surface area contributed by atoms with Gasteiger partial charge in [0, 0.05) is 24.9 Å². The topological polar surface area (TPSA) is 199 Å². The van der Waals surface area contributed by atoms with Crippen molar-refractivity contribution in [1.82, 2.24) is 20.4 Å². The van der Waals surface area contributed by atoms with Crippen molar-refractivity contribution in [1.29, 1.82) is 0 Å². The molecule has 1 aromatic rings. The molecule has 13 nitrogen and oxygen atoms in total. The number of rotatable bonds is 4. The summed E-state index contributed by atoms with van der Waals surface area (Å²) in [7, 11) is 0. The van der Waals surface area contributed by atoms with Crippen LogP contribution in [0, 0.1) is 0 Å². The third-order valence-electron chi connectivity index (χ3n) is 6.67. The molecule has 5 rings (SSSR count). The van der Waals surface area contributed by atoms with Gasteiger partial charge < -0.3 is 37.2 Å². The van der Waals surface area contributed by atoms with Crippen LogP contribution >= 0.6 is 0 Å². The molecule has 2 fully saturated rings. The van der Waals surface area contributed by atoms with Crippen molar-refractivity contribution < 1.29 is 24.6 Å². The van der Waals surface area contributed by atoms with Crippen molar-refractivity contribution in [3.05, 3.63) is 35.9 Å². The number of hydrogen-bond acceptors (Lipinski definition) is 11. The lowest BCUT2D eigenvalue weighted by atomic mass is 9.84. The minimum absolute atomic E-state index is 0.0586. The smallest absolute Gasteiger partial charge is 0.251 e.